The number of carbonyl (C=O) groups is 1. The van der Waals surface area contributed by atoms with E-state index in [1.165, 1.54) is 18.2 Å². The van der Waals surface area contributed by atoms with E-state index < -0.39 is 11.7 Å². The van der Waals surface area contributed by atoms with Gasteiger partial charge in [-0.05, 0) is 40.2 Å². The highest BCUT2D eigenvalue weighted by atomic mass is 79.9. The Morgan fingerprint density at radius 1 is 1.30 bits per heavy atom. The second kappa shape index (κ2) is 6.24. The Bertz CT molecular complexity index is 664. The fourth-order valence-electron chi connectivity index (χ4n) is 1.56. The molecule has 104 valence electrons. The third kappa shape index (κ3) is 3.49. The highest BCUT2D eigenvalue weighted by Gasteiger charge is 2.08. The molecule has 2 N–H and O–H groups in total. The SMILES string of the molecule is NC(=O)c1ccc(COc2cc(F)ccc2Br)c(Cl)c1. The van der Waals surface area contributed by atoms with Gasteiger partial charge in [-0.3, -0.25) is 4.79 Å². The molecule has 3 nitrogen and oxygen atoms in total. The molecule has 1 amide bonds. The van der Waals surface area contributed by atoms with Gasteiger partial charge in [-0.1, -0.05) is 17.7 Å². The van der Waals surface area contributed by atoms with Crippen LogP contribution in [0.4, 0.5) is 4.39 Å². The molecular weight excluding hydrogens is 349 g/mol. The van der Waals surface area contributed by atoms with E-state index >= 15 is 0 Å². The molecule has 20 heavy (non-hydrogen) atoms. The number of halogens is 3. The van der Waals surface area contributed by atoms with Crippen molar-refractivity contribution in [2.24, 2.45) is 5.73 Å². The van der Waals surface area contributed by atoms with Crippen molar-refractivity contribution in [3.8, 4) is 5.75 Å². The molecule has 0 bridgehead atoms. The van der Waals surface area contributed by atoms with Gasteiger partial charge in [0, 0.05) is 22.2 Å². The van der Waals surface area contributed by atoms with Crippen LogP contribution in [-0.4, -0.2) is 5.91 Å². The van der Waals surface area contributed by atoms with Crippen LogP contribution in [0.5, 0.6) is 5.75 Å². The van der Waals surface area contributed by atoms with Crippen molar-refractivity contribution >= 4 is 33.4 Å². The molecule has 0 saturated carbocycles. The van der Waals surface area contributed by atoms with Gasteiger partial charge in [-0.25, -0.2) is 4.39 Å². The maximum Gasteiger partial charge on any atom is 0.248 e. The lowest BCUT2D eigenvalue weighted by Gasteiger charge is -2.10. The van der Waals surface area contributed by atoms with Crippen LogP contribution in [0.2, 0.25) is 5.02 Å². The van der Waals surface area contributed by atoms with E-state index in [1.807, 2.05) is 0 Å². The summed E-state index contributed by atoms with van der Waals surface area (Å²) in [7, 11) is 0. The van der Waals surface area contributed by atoms with Gasteiger partial charge in [0.25, 0.3) is 0 Å². The van der Waals surface area contributed by atoms with Crippen molar-refractivity contribution in [2.45, 2.75) is 6.61 Å². The summed E-state index contributed by atoms with van der Waals surface area (Å²) in [6, 6.07) is 8.84. The number of nitrogens with two attached hydrogens (primary N) is 1. The number of primary amides is 1. The second-order valence-corrected chi connectivity index (χ2v) is 5.30. The topological polar surface area (TPSA) is 52.3 Å². The van der Waals surface area contributed by atoms with Crippen molar-refractivity contribution in [3.05, 3.63) is 62.8 Å². The molecule has 0 fully saturated rings. The van der Waals surface area contributed by atoms with Gasteiger partial charge in [-0.2, -0.15) is 0 Å². The summed E-state index contributed by atoms with van der Waals surface area (Å²) in [4.78, 5) is 11.0. The Kier molecular flexibility index (Phi) is 4.62. The van der Waals surface area contributed by atoms with Crippen LogP contribution in [0.1, 0.15) is 15.9 Å². The van der Waals surface area contributed by atoms with Crippen molar-refractivity contribution in [2.75, 3.05) is 0 Å². The van der Waals surface area contributed by atoms with E-state index in [0.717, 1.165) is 0 Å². The maximum absolute atomic E-state index is 13.1. The number of hydrogen-bond acceptors (Lipinski definition) is 2. The van der Waals surface area contributed by atoms with Crippen LogP contribution in [0.3, 0.4) is 0 Å². The number of carbonyl (C=O) groups excluding carboxylic acids is 1. The minimum absolute atomic E-state index is 0.153. The fraction of sp³-hybridized carbons (Fsp3) is 0.0714. The number of amides is 1. The van der Waals surface area contributed by atoms with E-state index in [1.54, 1.807) is 18.2 Å². The van der Waals surface area contributed by atoms with Crippen LogP contribution in [0, 0.1) is 5.82 Å². The second-order valence-electron chi connectivity index (χ2n) is 4.03. The Labute approximate surface area is 128 Å². The van der Waals surface area contributed by atoms with Gasteiger partial charge in [-0.15, -0.1) is 0 Å². The summed E-state index contributed by atoms with van der Waals surface area (Å²) in [5.74, 6) is -0.564. The molecule has 0 aliphatic heterocycles. The van der Waals surface area contributed by atoms with Gasteiger partial charge >= 0.3 is 0 Å². The first kappa shape index (κ1) is 14.8. The zero-order valence-corrected chi connectivity index (χ0v) is 12.5. The molecule has 0 atom stereocenters. The first-order valence-electron chi connectivity index (χ1n) is 5.63. The number of benzene rings is 2. The lowest BCUT2D eigenvalue weighted by Crippen LogP contribution is -2.11. The van der Waals surface area contributed by atoms with Crippen LogP contribution in [-0.2, 0) is 6.61 Å². The Balaban J connectivity index is 2.15. The molecule has 0 unspecified atom stereocenters. The molecule has 0 radical (unpaired) electrons. The highest BCUT2D eigenvalue weighted by Crippen LogP contribution is 2.27. The zero-order valence-electron chi connectivity index (χ0n) is 10.2. The van der Waals surface area contributed by atoms with Crippen molar-refractivity contribution < 1.29 is 13.9 Å². The summed E-state index contributed by atoms with van der Waals surface area (Å²) < 4.78 is 19.3. The zero-order chi connectivity index (χ0) is 14.7. The molecule has 0 spiro atoms. The van der Waals surface area contributed by atoms with Crippen LogP contribution >= 0.6 is 27.5 Å². The number of ether oxygens (including phenoxy) is 1. The summed E-state index contributed by atoms with van der Waals surface area (Å²) >= 11 is 9.30. The van der Waals surface area contributed by atoms with Gasteiger partial charge in [0.2, 0.25) is 5.91 Å². The van der Waals surface area contributed by atoms with Crippen molar-refractivity contribution in [3.63, 3.8) is 0 Å². The van der Waals surface area contributed by atoms with E-state index in [0.29, 0.717) is 26.4 Å². The average molecular weight is 359 g/mol. The first-order chi connectivity index (χ1) is 9.47. The van der Waals surface area contributed by atoms with Crippen LogP contribution in [0.25, 0.3) is 0 Å². The smallest absolute Gasteiger partial charge is 0.248 e. The maximum atomic E-state index is 13.1. The molecule has 0 aliphatic carbocycles. The van der Waals surface area contributed by atoms with E-state index in [9.17, 15) is 9.18 Å². The normalized spacial score (nSPS) is 10.3. The summed E-state index contributed by atoms with van der Waals surface area (Å²) in [5, 5.41) is 0.369. The average Bonchev–Trinajstić information content (AvgIpc) is 2.40. The van der Waals surface area contributed by atoms with E-state index in [4.69, 9.17) is 22.1 Å². The molecule has 0 aliphatic rings. The van der Waals surface area contributed by atoms with Crippen molar-refractivity contribution in [1.82, 2.24) is 0 Å². The lowest BCUT2D eigenvalue weighted by atomic mass is 10.1. The standard InChI is InChI=1S/C14H10BrClFNO2/c15-11-4-3-10(17)6-13(11)20-7-9-2-1-8(14(18)19)5-12(9)16/h1-6H,7H2,(H2,18,19). The molecule has 0 heterocycles. The minimum atomic E-state index is -0.549. The molecule has 6 heteroatoms. The third-order valence-corrected chi connectivity index (χ3v) is 3.62. The first-order valence-corrected chi connectivity index (χ1v) is 6.80. The molecule has 0 aromatic heterocycles. The summed E-state index contributed by atoms with van der Waals surface area (Å²) in [6.07, 6.45) is 0. The molecule has 2 aromatic rings. The van der Waals surface area contributed by atoms with Crippen LogP contribution in [0.15, 0.2) is 40.9 Å². The molecule has 0 saturated heterocycles. The molecule has 2 rings (SSSR count). The quantitative estimate of drug-likeness (QED) is 0.900. The molecular formula is C14H10BrClFNO2. The fourth-order valence-corrected chi connectivity index (χ4v) is 2.16. The lowest BCUT2D eigenvalue weighted by molar-refractivity contribution is 0.1000. The van der Waals surface area contributed by atoms with Gasteiger partial charge in [0.05, 0.1) is 4.47 Å². The third-order valence-electron chi connectivity index (χ3n) is 2.61. The number of rotatable bonds is 4. The number of hydrogen-bond donors (Lipinski definition) is 1. The predicted octanol–water partition coefficient (Wildman–Crippen LogP) is 3.92. The minimum Gasteiger partial charge on any atom is -0.488 e. The van der Waals surface area contributed by atoms with Gasteiger partial charge in [0.15, 0.2) is 0 Å². The Morgan fingerprint density at radius 3 is 2.70 bits per heavy atom. The summed E-state index contributed by atoms with van der Waals surface area (Å²) in [6.45, 7) is 0.153. The van der Waals surface area contributed by atoms with Gasteiger partial charge in [0.1, 0.15) is 18.2 Å². The monoisotopic (exact) mass is 357 g/mol. The molecule has 2 aromatic carbocycles. The van der Waals surface area contributed by atoms with Crippen molar-refractivity contribution in [1.29, 1.82) is 0 Å². The Hall–Kier alpha value is -1.59. The van der Waals surface area contributed by atoms with Crippen LogP contribution < -0.4 is 10.5 Å². The predicted molar refractivity (Wildman–Crippen MR) is 78.4 cm³/mol. The van der Waals surface area contributed by atoms with E-state index in [-0.39, 0.29) is 6.61 Å². The largest absolute Gasteiger partial charge is 0.488 e. The highest BCUT2D eigenvalue weighted by molar-refractivity contribution is 9.10. The van der Waals surface area contributed by atoms with Gasteiger partial charge < -0.3 is 10.5 Å². The van der Waals surface area contributed by atoms with E-state index in [2.05, 4.69) is 15.9 Å². The Morgan fingerprint density at radius 2 is 2.05 bits per heavy atom. The summed E-state index contributed by atoms with van der Waals surface area (Å²) in [5.41, 5.74) is 6.16.